The van der Waals surface area contributed by atoms with Gasteiger partial charge in [0.25, 0.3) is 0 Å². The van der Waals surface area contributed by atoms with Gasteiger partial charge in [0, 0.05) is 12.8 Å². The molecule has 0 amide bonds. The Bertz CT molecular complexity index is 281. The van der Waals surface area contributed by atoms with E-state index in [9.17, 15) is 9.59 Å². The molecule has 0 aromatic carbocycles. The van der Waals surface area contributed by atoms with E-state index in [4.69, 9.17) is 10.00 Å². The summed E-state index contributed by atoms with van der Waals surface area (Å²) >= 11 is 0. The molecule has 0 fully saturated rings. The molecule has 0 aromatic rings. The zero-order chi connectivity index (χ0) is 13.1. The van der Waals surface area contributed by atoms with Crippen LogP contribution in [0.15, 0.2) is 0 Å². The topological polar surface area (TPSA) is 67.2 Å². The van der Waals surface area contributed by atoms with Gasteiger partial charge in [-0.05, 0) is 19.8 Å². The van der Waals surface area contributed by atoms with Crippen molar-refractivity contribution in [3.05, 3.63) is 0 Å². The normalized spacial score (nSPS) is 11.6. The summed E-state index contributed by atoms with van der Waals surface area (Å²) in [5, 5.41) is 8.51. The number of carbonyl (C=O) groups is 2. The Hall–Kier alpha value is -1.37. The highest BCUT2D eigenvalue weighted by Gasteiger charge is 2.26. The van der Waals surface area contributed by atoms with Crippen molar-refractivity contribution in [3.8, 4) is 6.07 Å². The smallest absolute Gasteiger partial charge is 0.316 e. The number of ketones is 1. The second-order valence-corrected chi connectivity index (χ2v) is 3.92. The molecule has 0 aliphatic heterocycles. The quantitative estimate of drug-likeness (QED) is 0.352. The first-order valence-corrected chi connectivity index (χ1v) is 6.23. The van der Waals surface area contributed by atoms with Crippen LogP contribution in [0.25, 0.3) is 0 Å². The van der Waals surface area contributed by atoms with Crippen molar-refractivity contribution < 1.29 is 14.3 Å². The van der Waals surface area contributed by atoms with E-state index in [0.29, 0.717) is 6.42 Å². The van der Waals surface area contributed by atoms with Crippen molar-refractivity contribution in [3.63, 3.8) is 0 Å². The maximum Gasteiger partial charge on any atom is 0.316 e. The molecule has 1 unspecified atom stereocenters. The minimum absolute atomic E-state index is 0.0906. The van der Waals surface area contributed by atoms with E-state index in [1.165, 1.54) is 0 Å². The maximum absolute atomic E-state index is 11.8. The fourth-order valence-corrected chi connectivity index (χ4v) is 1.59. The average Bonchev–Trinajstić information content (AvgIpc) is 2.30. The van der Waals surface area contributed by atoms with Crippen LogP contribution in [0, 0.1) is 17.2 Å². The molecular weight excluding hydrogens is 218 g/mol. The van der Waals surface area contributed by atoms with Crippen LogP contribution in [0.5, 0.6) is 0 Å². The molecule has 0 bridgehead atoms. The summed E-state index contributed by atoms with van der Waals surface area (Å²) in [5.41, 5.74) is 0. The third-order valence-corrected chi connectivity index (χ3v) is 2.53. The largest absolute Gasteiger partial charge is 0.465 e. The number of nitriles is 1. The van der Waals surface area contributed by atoms with Gasteiger partial charge in [0.05, 0.1) is 12.7 Å². The zero-order valence-corrected chi connectivity index (χ0v) is 10.7. The van der Waals surface area contributed by atoms with Crippen LogP contribution in [0.2, 0.25) is 0 Å². The Morgan fingerprint density at radius 2 is 2.00 bits per heavy atom. The van der Waals surface area contributed by atoms with Crippen LogP contribution in [-0.4, -0.2) is 18.4 Å². The number of carbonyl (C=O) groups excluding carboxylic acids is 2. The number of Topliss-reactive ketones (excluding diaryl/α,β-unsaturated/α-hetero) is 1. The Morgan fingerprint density at radius 1 is 1.29 bits per heavy atom. The molecule has 0 heterocycles. The van der Waals surface area contributed by atoms with Crippen molar-refractivity contribution in [1.82, 2.24) is 0 Å². The molecular formula is C13H21NO3. The first kappa shape index (κ1) is 15.6. The lowest BCUT2D eigenvalue weighted by atomic mass is 9.95. The predicted octanol–water partition coefficient (Wildman–Crippen LogP) is 2.62. The van der Waals surface area contributed by atoms with Gasteiger partial charge in [-0.15, -0.1) is 0 Å². The average molecular weight is 239 g/mol. The summed E-state index contributed by atoms with van der Waals surface area (Å²) in [6.07, 6.45) is 3.72. The van der Waals surface area contributed by atoms with Gasteiger partial charge < -0.3 is 4.74 Å². The van der Waals surface area contributed by atoms with E-state index < -0.39 is 11.9 Å². The van der Waals surface area contributed by atoms with Crippen molar-refractivity contribution in [2.24, 2.45) is 5.92 Å². The first-order valence-electron chi connectivity index (χ1n) is 6.23. The molecule has 4 nitrogen and oxygen atoms in total. The highest BCUT2D eigenvalue weighted by molar-refractivity contribution is 5.98. The third-order valence-electron chi connectivity index (χ3n) is 2.53. The highest BCUT2D eigenvalue weighted by atomic mass is 16.5. The van der Waals surface area contributed by atoms with Gasteiger partial charge in [0.15, 0.2) is 0 Å². The molecule has 0 aliphatic rings. The number of hydrogen-bond acceptors (Lipinski definition) is 4. The van der Waals surface area contributed by atoms with Crippen molar-refractivity contribution >= 4 is 11.8 Å². The van der Waals surface area contributed by atoms with Gasteiger partial charge in [0.1, 0.15) is 11.7 Å². The van der Waals surface area contributed by atoms with Crippen molar-refractivity contribution in [1.29, 1.82) is 5.26 Å². The fourth-order valence-electron chi connectivity index (χ4n) is 1.59. The molecule has 0 radical (unpaired) electrons. The highest BCUT2D eigenvalue weighted by Crippen LogP contribution is 2.14. The van der Waals surface area contributed by atoms with E-state index in [1.54, 1.807) is 6.92 Å². The molecule has 96 valence electrons. The Labute approximate surface area is 103 Å². The van der Waals surface area contributed by atoms with E-state index in [-0.39, 0.29) is 25.2 Å². The zero-order valence-electron chi connectivity index (χ0n) is 10.7. The SMILES string of the molecule is CCCCCC(=O)C(CCC#N)C(=O)OCC. The van der Waals surface area contributed by atoms with Gasteiger partial charge in [-0.1, -0.05) is 19.8 Å². The number of rotatable bonds is 9. The van der Waals surface area contributed by atoms with Crippen molar-refractivity contribution in [2.75, 3.05) is 6.61 Å². The lowest BCUT2D eigenvalue weighted by Gasteiger charge is -2.12. The predicted molar refractivity (Wildman–Crippen MR) is 64.1 cm³/mol. The molecule has 0 N–H and O–H groups in total. The minimum atomic E-state index is -0.744. The Kier molecular flexibility index (Phi) is 9.04. The Balaban J connectivity index is 4.29. The van der Waals surface area contributed by atoms with Crippen molar-refractivity contribution in [2.45, 2.75) is 52.4 Å². The standard InChI is InChI=1S/C13H21NO3/c1-3-5-6-9-12(15)11(8-7-10-14)13(16)17-4-2/h11H,3-9H2,1-2H3. The maximum atomic E-state index is 11.8. The van der Waals surface area contributed by atoms with Gasteiger partial charge >= 0.3 is 5.97 Å². The van der Waals surface area contributed by atoms with Gasteiger partial charge in [-0.2, -0.15) is 5.26 Å². The van der Waals surface area contributed by atoms with Crippen LogP contribution in [0.4, 0.5) is 0 Å². The van der Waals surface area contributed by atoms with E-state index in [2.05, 4.69) is 6.92 Å². The summed E-state index contributed by atoms with van der Waals surface area (Å²) in [6, 6.07) is 1.96. The van der Waals surface area contributed by atoms with Gasteiger partial charge in [-0.25, -0.2) is 0 Å². The lowest BCUT2D eigenvalue weighted by Crippen LogP contribution is -2.26. The summed E-state index contributed by atoms with van der Waals surface area (Å²) in [7, 11) is 0. The van der Waals surface area contributed by atoms with Crippen LogP contribution < -0.4 is 0 Å². The molecule has 0 saturated heterocycles. The lowest BCUT2D eigenvalue weighted by molar-refractivity contribution is -0.151. The summed E-state index contributed by atoms with van der Waals surface area (Å²) in [4.78, 5) is 23.4. The molecule has 4 heteroatoms. The molecule has 0 aromatic heterocycles. The summed E-state index contributed by atoms with van der Waals surface area (Å²) < 4.78 is 4.86. The first-order chi connectivity index (χ1) is 8.17. The number of ether oxygens (including phenoxy) is 1. The monoisotopic (exact) mass is 239 g/mol. The van der Waals surface area contributed by atoms with E-state index in [0.717, 1.165) is 19.3 Å². The molecule has 0 aliphatic carbocycles. The number of esters is 1. The van der Waals surface area contributed by atoms with Crippen LogP contribution >= 0.6 is 0 Å². The molecule has 0 saturated carbocycles. The van der Waals surface area contributed by atoms with Crippen LogP contribution in [-0.2, 0) is 14.3 Å². The minimum Gasteiger partial charge on any atom is -0.465 e. The van der Waals surface area contributed by atoms with E-state index in [1.807, 2.05) is 6.07 Å². The number of unbranched alkanes of at least 4 members (excludes halogenated alkanes) is 2. The number of hydrogen-bond donors (Lipinski definition) is 0. The number of nitrogens with zero attached hydrogens (tertiary/aromatic N) is 1. The summed E-state index contributed by atoms with van der Waals surface area (Å²) in [6.45, 7) is 4.04. The third kappa shape index (κ3) is 6.72. The Morgan fingerprint density at radius 3 is 2.53 bits per heavy atom. The molecule has 17 heavy (non-hydrogen) atoms. The molecule has 0 rings (SSSR count). The summed E-state index contributed by atoms with van der Waals surface area (Å²) in [5.74, 6) is -1.32. The van der Waals surface area contributed by atoms with E-state index >= 15 is 0 Å². The van der Waals surface area contributed by atoms with Crippen LogP contribution in [0.1, 0.15) is 52.4 Å². The molecule has 1 atom stereocenters. The van der Waals surface area contributed by atoms with Gasteiger partial charge in [-0.3, -0.25) is 9.59 Å². The fraction of sp³-hybridized carbons (Fsp3) is 0.769. The van der Waals surface area contributed by atoms with Crippen LogP contribution in [0.3, 0.4) is 0 Å². The second-order valence-electron chi connectivity index (χ2n) is 3.92. The van der Waals surface area contributed by atoms with Gasteiger partial charge in [0.2, 0.25) is 0 Å². The molecule has 0 spiro atoms. The second kappa shape index (κ2) is 9.83.